The highest BCUT2D eigenvalue weighted by Gasteiger charge is 2.32. The monoisotopic (exact) mass is 366 g/mol. The second-order valence-corrected chi connectivity index (χ2v) is 7.34. The first-order valence-corrected chi connectivity index (χ1v) is 9.23. The molecule has 1 N–H and O–H groups in total. The number of rotatable bonds is 6. The molecule has 7 nitrogen and oxygen atoms in total. The van der Waals surface area contributed by atoms with E-state index < -0.39 is 0 Å². The van der Waals surface area contributed by atoms with Crippen molar-refractivity contribution in [3.05, 3.63) is 53.9 Å². The number of carbonyl (C=O) groups is 1. The first kappa shape index (κ1) is 17.5. The van der Waals surface area contributed by atoms with E-state index in [1.807, 2.05) is 44.2 Å². The molecule has 3 aromatic rings. The summed E-state index contributed by atoms with van der Waals surface area (Å²) in [5, 5.41) is 15.1. The Morgan fingerprint density at radius 2 is 2.00 bits per heavy atom. The highest BCUT2D eigenvalue weighted by Crippen LogP contribution is 2.31. The molecule has 1 saturated carbocycles. The molecule has 7 heteroatoms. The number of benzene rings is 1. The zero-order valence-corrected chi connectivity index (χ0v) is 15.4. The van der Waals surface area contributed by atoms with Gasteiger partial charge in [0, 0.05) is 30.0 Å². The maximum Gasteiger partial charge on any atom is 0.290 e. The van der Waals surface area contributed by atoms with E-state index in [-0.39, 0.29) is 23.6 Å². The highest BCUT2D eigenvalue weighted by molar-refractivity contribution is 5.92. The van der Waals surface area contributed by atoms with E-state index in [0.29, 0.717) is 23.4 Å². The van der Waals surface area contributed by atoms with Gasteiger partial charge in [-0.3, -0.25) is 4.79 Å². The molecule has 1 aliphatic carbocycles. The van der Waals surface area contributed by atoms with Crippen molar-refractivity contribution in [3.63, 3.8) is 0 Å². The minimum atomic E-state index is -0.229. The van der Waals surface area contributed by atoms with Crippen LogP contribution in [0.2, 0.25) is 0 Å². The Bertz CT molecular complexity index is 910. The summed E-state index contributed by atoms with van der Waals surface area (Å²) in [6.45, 7) is 4.05. The molecule has 0 spiro atoms. The smallest absolute Gasteiger partial charge is 0.290 e. The van der Waals surface area contributed by atoms with E-state index in [2.05, 4.69) is 20.7 Å². The molecule has 27 heavy (non-hydrogen) atoms. The average molecular weight is 366 g/mol. The van der Waals surface area contributed by atoms with Gasteiger partial charge in [-0.1, -0.05) is 49.3 Å². The third-order valence-corrected chi connectivity index (χ3v) is 4.81. The summed E-state index contributed by atoms with van der Waals surface area (Å²) in [4.78, 5) is 12.4. The van der Waals surface area contributed by atoms with E-state index in [1.54, 1.807) is 6.07 Å². The number of carbonyl (C=O) groups excluding carboxylic acids is 1. The maximum absolute atomic E-state index is 12.4. The number of amides is 1. The van der Waals surface area contributed by atoms with Gasteiger partial charge >= 0.3 is 0 Å². The van der Waals surface area contributed by atoms with Gasteiger partial charge < -0.3 is 14.3 Å². The fourth-order valence-electron chi connectivity index (χ4n) is 3.23. The van der Waals surface area contributed by atoms with Crippen LogP contribution in [0.4, 0.5) is 0 Å². The fraction of sp³-hybridized carbons (Fsp3) is 0.400. The molecule has 140 valence electrons. The van der Waals surface area contributed by atoms with Crippen molar-refractivity contribution in [2.45, 2.75) is 45.1 Å². The number of nitrogens with one attached hydrogen (secondary N) is 1. The van der Waals surface area contributed by atoms with Gasteiger partial charge in [-0.25, -0.2) is 0 Å². The minimum absolute atomic E-state index is 0.139. The van der Waals surface area contributed by atoms with Crippen molar-refractivity contribution < 1.29 is 13.7 Å². The molecule has 4 rings (SSSR count). The summed E-state index contributed by atoms with van der Waals surface area (Å²) in [7, 11) is 0. The molecule has 0 bridgehead atoms. The van der Waals surface area contributed by atoms with Crippen LogP contribution >= 0.6 is 0 Å². The van der Waals surface area contributed by atoms with Crippen LogP contribution in [0.3, 0.4) is 0 Å². The zero-order valence-electron chi connectivity index (χ0n) is 15.4. The van der Waals surface area contributed by atoms with Gasteiger partial charge in [-0.2, -0.15) is 0 Å². The molecule has 1 aliphatic rings. The summed E-state index contributed by atoms with van der Waals surface area (Å²) in [5.41, 5.74) is 1.58. The summed E-state index contributed by atoms with van der Waals surface area (Å²) < 4.78 is 10.9. The third-order valence-electron chi connectivity index (χ3n) is 4.81. The van der Waals surface area contributed by atoms with E-state index in [9.17, 15) is 4.79 Å². The van der Waals surface area contributed by atoms with Gasteiger partial charge in [-0.15, -0.1) is 10.2 Å². The average Bonchev–Trinajstić information content (AvgIpc) is 3.30. The lowest BCUT2D eigenvalue weighted by molar-refractivity contribution is 0.0849. The zero-order chi connectivity index (χ0) is 18.8. The Hall–Kier alpha value is -2.96. The van der Waals surface area contributed by atoms with E-state index in [0.717, 1.165) is 24.8 Å². The van der Waals surface area contributed by atoms with Crippen LogP contribution in [-0.4, -0.2) is 27.3 Å². The molecular formula is C20H22N4O3. The molecule has 2 aromatic heterocycles. The van der Waals surface area contributed by atoms with Gasteiger partial charge in [0.2, 0.25) is 17.5 Å². The van der Waals surface area contributed by atoms with Gasteiger partial charge in [0.05, 0.1) is 0 Å². The minimum Gasteiger partial charge on any atom is -0.425 e. The van der Waals surface area contributed by atoms with Crippen molar-refractivity contribution in [1.82, 2.24) is 20.7 Å². The van der Waals surface area contributed by atoms with Crippen LogP contribution in [-0.2, 0) is 6.42 Å². The predicted octanol–water partition coefficient (Wildman–Crippen LogP) is 3.60. The Kier molecular flexibility index (Phi) is 4.75. The van der Waals surface area contributed by atoms with Crippen LogP contribution < -0.4 is 5.32 Å². The second kappa shape index (κ2) is 7.34. The first-order valence-electron chi connectivity index (χ1n) is 9.23. The Balaban J connectivity index is 1.27. The normalized spacial score (nSPS) is 19.1. The van der Waals surface area contributed by atoms with Gasteiger partial charge in [0.1, 0.15) is 5.69 Å². The summed E-state index contributed by atoms with van der Waals surface area (Å²) in [5.74, 6) is 2.04. The van der Waals surface area contributed by atoms with Crippen molar-refractivity contribution in [1.29, 1.82) is 0 Å². The van der Waals surface area contributed by atoms with Gasteiger partial charge in [-0.05, 0) is 18.8 Å². The molecule has 0 atom stereocenters. The first-order chi connectivity index (χ1) is 13.1. The molecular weight excluding hydrogens is 344 g/mol. The van der Waals surface area contributed by atoms with Gasteiger partial charge in [0.25, 0.3) is 5.91 Å². The van der Waals surface area contributed by atoms with E-state index in [4.69, 9.17) is 8.94 Å². The van der Waals surface area contributed by atoms with E-state index in [1.165, 1.54) is 0 Å². The largest absolute Gasteiger partial charge is 0.425 e. The molecule has 1 aromatic carbocycles. The van der Waals surface area contributed by atoms with Crippen molar-refractivity contribution in [3.8, 4) is 11.3 Å². The van der Waals surface area contributed by atoms with Crippen LogP contribution in [0, 0.1) is 5.92 Å². The fourth-order valence-corrected chi connectivity index (χ4v) is 3.23. The van der Waals surface area contributed by atoms with Crippen molar-refractivity contribution in [2.75, 3.05) is 0 Å². The van der Waals surface area contributed by atoms with Crippen LogP contribution in [0.15, 0.2) is 45.3 Å². The Morgan fingerprint density at radius 1 is 1.22 bits per heavy atom. The number of nitrogens with zero attached hydrogens (tertiary/aromatic N) is 3. The van der Waals surface area contributed by atoms with Crippen molar-refractivity contribution in [2.24, 2.45) is 5.92 Å². The Labute approximate surface area is 157 Å². The topological polar surface area (TPSA) is 94.1 Å². The molecule has 2 heterocycles. The van der Waals surface area contributed by atoms with Crippen LogP contribution in [0.25, 0.3) is 11.3 Å². The number of aromatic nitrogens is 3. The highest BCUT2D eigenvalue weighted by atomic mass is 16.5. The third kappa shape index (κ3) is 3.92. The number of hydrogen-bond acceptors (Lipinski definition) is 6. The van der Waals surface area contributed by atoms with Crippen LogP contribution in [0.5, 0.6) is 0 Å². The lowest BCUT2D eigenvalue weighted by Crippen LogP contribution is -2.44. The summed E-state index contributed by atoms with van der Waals surface area (Å²) in [6, 6.07) is 11.4. The summed E-state index contributed by atoms with van der Waals surface area (Å²) >= 11 is 0. The number of hydrogen-bond donors (Lipinski definition) is 1. The lowest BCUT2D eigenvalue weighted by Gasteiger charge is -2.34. The Morgan fingerprint density at radius 3 is 2.70 bits per heavy atom. The molecule has 0 aliphatic heterocycles. The second-order valence-electron chi connectivity index (χ2n) is 7.34. The lowest BCUT2D eigenvalue weighted by atomic mass is 9.78. The van der Waals surface area contributed by atoms with E-state index >= 15 is 0 Å². The summed E-state index contributed by atoms with van der Waals surface area (Å²) in [6.07, 6.45) is 2.54. The standard InChI is InChI=1S/C20H22N4O3/c1-12(2)20-23-22-18(26-20)10-13-8-15(9-13)21-19(25)17-11-16(24-27-17)14-6-4-3-5-7-14/h3-7,11-13,15H,8-10H2,1-2H3,(H,21,25). The van der Waals surface area contributed by atoms with Crippen LogP contribution in [0.1, 0.15) is 54.9 Å². The van der Waals surface area contributed by atoms with Crippen molar-refractivity contribution >= 4 is 5.91 Å². The molecule has 0 radical (unpaired) electrons. The molecule has 1 amide bonds. The molecule has 0 saturated heterocycles. The van der Waals surface area contributed by atoms with Gasteiger partial charge in [0.15, 0.2) is 0 Å². The maximum atomic E-state index is 12.4. The molecule has 1 fully saturated rings. The molecule has 0 unspecified atom stereocenters. The SMILES string of the molecule is CC(C)c1nnc(CC2CC(NC(=O)c3cc(-c4ccccc4)no3)C2)o1. The predicted molar refractivity (Wildman–Crippen MR) is 98.0 cm³/mol. The quantitative estimate of drug-likeness (QED) is 0.716.